The molecule has 0 saturated carbocycles. The normalized spacial score (nSPS) is 11.7. The van der Waals surface area contributed by atoms with Crippen LogP contribution < -0.4 is 5.32 Å². The third kappa shape index (κ3) is 3.40. The lowest BCUT2D eigenvalue weighted by Crippen LogP contribution is -2.26. The van der Waals surface area contributed by atoms with Gasteiger partial charge in [0.15, 0.2) is 9.84 Å². The molecule has 2 heterocycles. The van der Waals surface area contributed by atoms with Crippen LogP contribution in [0.2, 0.25) is 0 Å². The summed E-state index contributed by atoms with van der Waals surface area (Å²) in [7, 11) is -3.33. The maximum absolute atomic E-state index is 12.1. The van der Waals surface area contributed by atoms with Gasteiger partial charge in [0.25, 0.3) is 5.91 Å². The first-order valence-corrected chi connectivity index (χ1v) is 9.57. The molecule has 120 valence electrons. The summed E-state index contributed by atoms with van der Waals surface area (Å²) in [4.78, 5) is 17.2. The molecule has 1 aromatic carbocycles. The fraction of sp³-hybridized carbons (Fsp3) is 0.214. The molecule has 0 saturated heterocycles. The third-order valence-electron chi connectivity index (χ3n) is 3.28. The van der Waals surface area contributed by atoms with E-state index >= 15 is 0 Å². The SMILES string of the molecule is CS(=O)(=O)c1cccc(C(=O)NCCc2csc3ncnn23)c1. The maximum atomic E-state index is 12.1. The molecule has 0 aliphatic carbocycles. The molecule has 1 N–H and O–H groups in total. The molecule has 23 heavy (non-hydrogen) atoms. The molecule has 3 aromatic rings. The van der Waals surface area contributed by atoms with Crippen molar-refractivity contribution in [3.05, 3.63) is 47.2 Å². The van der Waals surface area contributed by atoms with Crippen LogP contribution in [0, 0.1) is 0 Å². The molecule has 2 aromatic heterocycles. The average Bonchev–Trinajstić information content (AvgIpc) is 3.11. The molecule has 0 atom stereocenters. The minimum absolute atomic E-state index is 0.132. The van der Waals surface area contributed by atoms with E-state index in [-0.39, 0.29) is 10.8 Å². The van der Waals surface area contributed by atoms with Gasteiger partial charge in [0.1, 0.15) is 6.33 Å². The summed E-state index contributed by atoms with van der Waals surface area (Å²) < 4.78 is 24.8. The predicted molar refractivity (Wildman–Crippen MR) is 86.5 cm³/mol. The second kappa shape index (κ2) is 6.09. The van der Waals surface area contributed by atoms with Crippen LogP contribution in [-0.4, -0.2) is 41.7 Å². The van der Waals surface area contributed by atoms with Crippen LogP contribution in [-0.2, 0) is 16.3 Å². The molecule has 0 aliphatic heterocycles. The Morgan fingerprint density at radius 1 is 1.39 bits per heavy atom. The lowest BCUT2D eigenvalue weighted by molar-refractivity contribution is 0.0954. The Hall–Kier alpha value is -2.26. The first-order chi connectivity index (χ1) is 10.9. The topological polar surface area (TPSA) is 93.4 Å². The number of carbonyl (C=O) groups is 1. The quantitative estimate of drug-likeness (QED) is 0.745. The van der Waals surface area contributed by atoms with Gasteiger partial charge in [-0.2, -0.15) is 5.10 Å². The van der Waals surface area contributed by atoms with E-state index in [0.717, 1.165) is 16.9 Å². The summed E-state index contributed by atoms with van der Waals surface area (Å²) >= 11 is 1.49. The summed E-state index contributed by atoms with van der Waals surface area (Å²) in [6.45, 7) is 0.424. The van der Waals surface area contributed by atoms with Gasteiger partial charge < -0.3 is 5.32 Å². The Morgan fingerprint density at radius 3 is 3.00 bits per heavy atom. The van der Waals surface area contributed by atoms with Gasteiger partial charge in [-0.05, 0) is 18.2 Å². The van der Waals surface area contributed by atoms with Crippen molar-refractivity contribution in [1.82, 2.24) is 19.9 Å². The number of hydrogen-bond donors (Lipinski definition) is 1. The number of fused-ring (bicyclic) bond motifs is 1. The number of nitrogens with zero attached hydrogens (tertiary/aromatic N) is 3. The lowest BCUT2D eigenvalue weighted by atomic mass is 10.2. The first kappa shape index (κ1) is 15.6. The van der Waals surface area contributed by atoms with E-state index < -0.39 is 9.84 Å². The molecule has 0 fully saturated rings. The zero-order valence-electron chi connectivity index (χ0n) is 12.3. The van der Waals surface area contributed by atoms with Crippen LogP contribution in [0.1, 0.15) is 16.1 Å². The number of benzene rings is 1. The average molecular weight is 350 g/mol. The number of hydrogen-bond acceptors (Lipinski definition) is 6. The van der Waals surface area contributed by atoms with Crippen molar-refractivity contribution in [1.29, 1.82) is 0 Å². The van der Waals surface area contributed by atoms with E-state index in [4.69, 9.17) is 0 Å². The molecular formula is C14H14N4O3S2. The minimum Gasteiger partial charge on any atom is -0.352 e. The van der Waals surface area contributed by atoms with Crippen LogP contribution >= 0.6 is 11.3 Å². The Bertz CT molecular complexity index is 959. The van der Waals surface area contributed by atoms with Gasteiger partial charge in [0.2, 0.25) is 4.96 Å². The summed E-state index contributed by atoms with van der Waals surface area (Å²) in [5, 5.41) is 8.84. The van der Waals surface area contributed by atoms with Gasteiger partial charge in [-0.1, -0.05) is 6.07 Å². The smallest absolute Gasteiger partial charge is 0.251 e. The van der Waals surface area contributed by atoms with Crippen molar-refractivity contribution in [2.75, 3.05) is 12.8 Å². The molecule has 1 amide bonds. The van der Waals surface area contributed by atoms with Crippen molar-refractivity contribution < 1.29 is 13.2 Å². The van der Waals surface area contributed by atoms with Crippen LogP contribution in [0.15, 0.2) is 40.9 Å². The summed E-state index contributed by atoms with van der Waals surface area (Å²) in [6, 6.07) is 6.00. The molecule has 0 bridgehead atoms. The second-order valence-electron chi connectivity index (χ2n) is 4.99. The number of thiazole rings is 1. The molecule has 0 unspecified atom stereocenters. The summed E-state index contributed by atoms with van der Waals surface area (Å²) in [6.07, 6.45) is 3.22. The van der Waals surface area contributed by atoms with Crippen molar-refractivity contribution in [2.24, 2.45) is 0 Å². The fourth-order valence-corrected chi connectivity index (χ4v) is 3.62. The fourth-order valence-electron chi connectivity index (χ4n) is 2.12. The van der Waals surface area contributed by atoms with Crippen molar-refractivity contribution >= 4 is 32.0 Å². The van der Waals surface area contributed by atoms with E-state index in [9.17, 15) is 13.2 Å². The highest BCUT2D eigenvalue weighted by molar-refractivity contribution is 7.90. The third-order valence-corrected chi connectivity index (χ3v) is 5.27. The monoisotopic (exact) mass is 350 g/mol. The van der Waals surface area contributed by atoms with Gasteiger partial charge in [-0.3, -0.25) is 4.79 Å². The van der Waals surface area contributed by atoms with E-state index in [1.165, 1.54) is 29.8 Å². The number of rotatable bonds is 5. The summed E-state index contributed by atoms with van der Waals surface area (Å²) in [5.41, 5.74) is 1.29. The molecule has 7 nitrogen and oxygen atoms in total. The van der Waals surface area contributed by atoms with Gasteiger partial charge >= 0.3 is 0 Å². The second-order valence-corrected chi connectivity index (χ2v) is 7.84. The van der Waals surface area contributed by atoms with Crippen molar-refractivity contribution in [3.63, 3.8) is 0 Å². The van der Waals surface area contributed by atoms with Crippen LogP contribution in [0.3, 0.4) is 0 Å². The zero-order valence-corrected chi connectivity index (χ0v) is 13.9. The zero-order chi connectivity index (χ0) is 16.4. The van der Waals surface area contributed by atoms with Gasteiger partial charge in [0.05, 0.1) is 10.6 Å². The Balaban J connectivity index is 1.65. The Morgan fingerprint density at radius 2 is 2.22 bits per heavy atom. The number of carbonyl (C=O) groups excluding carboxylic acids is 1. The van der Waals surface area contributed by atoms with Crippen LogP contribution in [0.25, 0.3) is 4.96 Å². The van der Waals surface area contributed by atoms with Gasteiger partial charge in [-0.25, -0.2) is 17.9 Å². The van der Waals surface area contributed by atoms with E-state index in [2.05, 4.69) is 15.4 Å². The van der Waals surface area contributed by atoms with Crippen molar-refractivity contribution in [2.45, 2.75) is 11.3 Å². The van der Waals surface area contributed by atoms with E-state index in [0.29, 0.717) is 18.5 Å². The highest BCUT2D eigenvalue weighted by Crippen LogP contribution is 2.13. The predicted octanol–water partition coefficient (Wildman–Crippen LogP) is 1.17. The van der Waals surface area contributed by atoms with Crippen LogP contribution in [0.4, 0.5) is 0 Å². The Labute approximate surface area is 136 Å². The van der Waals surface area contributed by atoms with Crippen molar-refractivity contribution in [3.8, 4) is 0 Å². The molecule has 0 aliphatic rings. The molecule has 9 heteroatoms. The maximum Gasteiger partial charge on any atom is 0.251 e. The first-order valence-electron chi connectivity index (χ1n) is 6.79. The molecule has 3 rings (SSSR count). The van der Waals surface area contributed by atoms with E-state index in [1.807, 2.05) is 5.38 Å². The number of amides is 1. The lowest BCUT2D eigenvalue weighted by Gasteiger charge is -2.06. The minimum atomic E-state index is -3.33. The molecular weight excluding hydrogens is 336 g/mol. The highest BCUT2D eigenvalue weighted by Gasteiger charge is 2.12. The standard InChI is InChI=1S/C14H14N4O3S2/c1-23(20,21)12-4-2-3-10(7-12)13(19)15-6-5-11-8-22-14-16-9-17-18(11)14/h2-4,7-9H,5-6H2,1H3,(H,15,19). The van der Waals surface area contributed by atoms with Crippen LogP contribution in [0.5, 0.6) is 0 Å². The molecule has 0 radical (unpaired) electrons. The largest absolute Gasteiger partial charge is 0.352 e. The Kier molecular flexibility index (Phi) is 4.14. The van der Waals surface area contributed by atoms with Gasteiger partial charge in [0, 0.05) is 30.2 Å². The highest BCUT2D eigenvalue weighted by atomic mass is 32.2. The number of nitrogens with one attached hydrogen (secondary N) is 1. The number of sulfone groups is 1. The van der Waals surface area contributed by atoms with Gasteiger partial charge in [-0.15, -0.1) is 11.3 Å². The molecule has 0 spiro atoms. The summed E-state index contributed by atoms with van der Waals surface area (Å²) in [5.74, 6) is -0.305. The van der Waals surface area contributed by atoms with E-state index in [1.54, 1.807) is 16.6 Å². The number of aromatic nitrogens is 3.